The second kappa shape index (κ2) is 11.1. The van der Waals surface area contributed by atoms with Gasteiger partial charge in [0.2, 0.25) is 10.0 Å². The predicted octanol–water partition coefficient (Wildman–Crippen LogP) is 3.01. The van der Waals surface area contributed by atoms with E-state index in [0.717, 1.165) is 57.3 Å². The van der Waals surface area contributed by atoms with E-state index in [1.807, 2.05) is 13.0 Å². The minimum Gasteiger partial charge on any atom is -0.382 e. The molecule has 7 nitrogen and oxygen atoms in total. The zero-order chi connectivity index (χ0) is 21.4. The number of amides is 1. The maximum absolute atomic E-state index is 13.5. The van der Waals surface area contributed by atoms with Gasteiger partial charge in [-0.15, -0.1) is 0 Å². The molecule has 168 valence electrons. The van der Waals surface area contributed by atoms with Crippen LogP contribution in [0.2, 0.25) is 0 Å². The number of nitrogens with one attached hydrogen (secondary N) is 1. The summed E-state index contributed by atoms with van der Waals surface area (Å²) in [7, 11) is -3.64. The van der Waals surface area contributed by atoms with Crippen LogP contribution in [0.5, 0.6) is 0 Å². The molecule has 0 aliphatic carbocycles. The smallest absolute Gasteiger partial charge is 0.251 e. The summed E-state index contributed by atoms with van der Waals surface area (Å²) in [4.78, 5) is 15.1. The summed E-state index contributed by atoms with van der Waals surface area (Å²) in [6, 6.07) is 5.14. The third-order valence-corrected chi connectivity index (χ3v) is 7.73. The summed E-state index contributed by atoms with van der Waals surface area (Å²) in [5.41, 5.74) is 1.12. The fraction of sp³-hybridized carbons (Fsp3) is 0.682. The summed E-state index contributed by atoms with van der Waals surface area (Å²) in [5.74, 6) is -0.244. The lowest BCUT2D eigenvalue weighted by atomic mass is 10.1. The van der Waals surface area contributed by atoms with Crippen molar-refractivity contribution >= 4 is 21.6 Å². The average molecular weight is 438 g/mol. The van der Waals surface area contributed by atoms with Gasteiger partial charge in [-0.1, -0.05) is 6.42 Å². The third-order valence-electron chi connectivity index (χ3n) is 5.81. The lowest BCUT2D eigenvalue weighted by Crippen LogP contribution is -2.38. The second-order valence-corrected chi connectivity index (χ2v) is 9.91. The fourth-order valence-corrected chi connectivity index (χ4v) is 5.88. The number of piperidine rings is 2. The van der Waals surface area contributed by atoms with Crippen molar-refractivity contribution in [2.24, 2.45) is 0 Å². The van der Waals surface area contributed by atoms with E-state index in [4.69, 9.17) is 4.74 Å². The number of anilines is 1. The summed E-state index contributed by atoms with van der Waals surface area (Å²) in [5, 5.41) is 2.87. The number of hydrogen-bond acceptors (Lipinski definition) is 5. The molecule has 0 bridgehead atoms. The molecule has 2 fully saturated rings. The molecule has 3 rings (SSSR count). The van der Waals surface area contributed by atoms with Gasteiger partial charge in [0, 0.05) is 51.5 Å². The van der Waals surface area contributed by atoms with E-state index in [0.29, 0.717) is 38.4 Å². The number of ether oxygens (including phenoxy) is 1. The molecular weight excluding hydrogens is 402 g/mol. The van der Waals surface area contributed by atoms with Crippen molar-refractivity contribution in [2.75, 3.05) is 50.8 Å². The van der Waals surface area contributed by atoms with Crippen LogP contribution in [0.25, 0.3) is 0 Å². The Morgan fingerprint density at radius 2 is 1.70 bits per heavy atom. The van der Waals surface area contributed by atoms with Crippen molar-refractivity contribution in [1.29, 1.82) is 0 Å². The SMILES string of the molecule is CCOCCCNC(=O)c1ccc(N2CCCCC2)c(S(=O)(=O)N2CCCCC2)c1. The average Bonchev–Trinajstić information content (AvgIpc) is 2.79. The van der Waals surface area contributed by atoms with E-state index in [-0.39, 0.29) is 10.8 Å². The Labute approximate surface area is 180 Å². The second-order valence-electron chi connectivity index (χ2n) is 8.00. The number of carbonyl (C=O) groups is 1. The Bertz CT molecular complexity index is 801. The molecule has 0 atom stereocenters. The van der Waals surface area contributed by atoms with E-state index in [2.05, 4.69) is 10.2 Å². The Balaban J connectivity index is 1.84. The fourth-order valence-electron chi connectivity index (χ4n) is 4.12. The van der Waals surface area contributed by atoms with E-state index in [9.17, 15) is 13.2 Å². The van der Waals surface area contributed by atoms with Crippen LogP contribution in [-0.2, 0) is 14.8 Å². The largest absolute Gasteiger partial charge is 0.382 e. The van der Waals surface area contributed by atoms with E-state index in [1.54, 1.807) is 16.4 Å². The Kier molecular flexibility index (Phi) is 8.53. The summed E-state index contributed by atoms with van der Waals surface area (Å²) >= 11 is 0. The first-order valence-electron chi connectivity index (χ1n) is 11.3. The maximum Gasteiger partial charge on any atom is 0.251 e. The van der Waals surface area contributed by atoms with E-state index < -0.39 is 10.0 Å². The maximum atomic E-state index is 13.5. The normalized spacial score (nSPS) is 18.4. The quantitative estimate of drug-likeness (QED) is 0.601. The first-order valence-corrected chi connectivity index (χ1v) is 12.7. The third kappa shape index (κ3) is 5.74. The van der Waals surface area contributed by atoms with Crippen LogP contribution in [0.3, 0.4) is 0 Å². The van der Waals surface area contributed by atoms with Crippen LogP contribution >= 0.6 is 0 Å². The first-order chi connectivity index (χ1) is 14.5. The zero-order valence-corrected chi connectivity index (χ0v) is 18.9. The molecule has 0 unspecified atom stereocenters. The topological polar surface area (TPSA) is 79.0 Å². The van der Waals surface area contributed by atoms with Crippen molar-refractivity contribution in [3.8, 4) is 0 Å². The van der Waals surface area contributed by atoms with Gasteiger partial charge < -0.3 is 15.0 Å². The van der Waals surface area contributed by atoms with Crippen LogP contribution in [0.4, 0.5) is 5.69 Å². The van der Waals surface area contributed by atoms with Crippen molar-refractivity contribution in [3.05, 3.63) is 23.8 Å². The lowest BCUT2D eigenvalue weighted by molar-refractivity contribution is 0.0944. The number of hydrogen-bond donors (Lipinski definition) is 1. The molecular formula is C22H35N3O4S. The molecule has 30 heavy (non-hydrogen) atoms. The number of rotatable bonds is 9. The van der Waals surface area contributed by atoms with Gasteiger partial charge in [0.15, 0.2) is 0 Å². The van der Waals surface area contributed by atoms with Gasteiger partial charge in [-0.2, -0.15) is 4.31 Å². The highest BCUT2D eigenvalue weighted by molar-refractivity contribution is 7.89. The number of benzene rings is 1. The Hall–Kier alpha value is -1.64. The number of sulfonamides is 1. The molecule has 8 heteroatoms. The van der Waals surface area contributed by atoms with Crippen LogP contribution in [0.1, 0.15) is 62.2 Å². The monoisotopic (exact) mass is 437 g/mol. The standard InChI is InChI=1S/C22H35N3O4S/c1-2-29-17-9-12-23-22(26)19-10-11-20(24-13-5-3-6-14-24)21(18-19)30(27,28)25-15-7-4-8-16-25/h10-11,18H,2-9,12-17H2,1H3,(H,23,26). The minimum absolute atomic E-state index is 0.244. The molecule has 2 heterocycles. The molecule has 1 amide bonds. The molecule has 0 spiro atoms. The molecule has 1 N–H and O–H groups in total. The molecule has 0 saturated carbocycles. The number of nitrogens with zero attached hydrogens (tertiary/aromatic N) is 2. The van der Waals surface area contributed by atoms with Crippen molar-refractivity contribution in [2.45, 2.75) is 56.8 Å². The van der Waals surface area contributed by atoms with Gasteiger partial charge in [-0.05, 0) is 63.6 Å². The summed E-state index contributed by atoms with van der Waals surface area (Å²) in [6.45, 7) is 6.50. The van der Waals surface area contributed by atoms with Crippen LogP contribution < -0.4 is 10.2 Å². The van der Waals surface area contributed by atoms with Gasteiger partial charge in [0.1, 0.15) is 4.90 Å². The molecule has 1 aromatic rings. The zero-order valence-electron chi connectivity index (χ0n) is 18.1. The highest BCUT2D eigenvalue weighted by Crippen LogP contribution is 2.32. The Morgan fingerprint density at radius 3 is 2.37 bits per heavy atom. The molecule has 2 aliphatic rings. The van der Waals surface area contributed by atoms with Gasteiger partial charge in [-0.25, -0.2) is 8.42 Å². The van der Waals surface area contributed by atoms with Gasteiger partial charge in [-0.3, -0.25) is 4.79 Å². The molecule has 0 aromatic heterocycles. The van der Waals surface area contributed by atoms with Crippen molar-refractivity contribution in [1.82, 2.24) is 9.62 Å². The van der Waals surface area contributed by atoms with E-state index in [1.165, 1.54) is 6.42 Å². The van der Waals surface area contributed by atoms with E-state index >= 15 is 0 Å². The molecule has 0 radical (unpaired) electrons. The summed E-state index contributed by atoms with van der Waals surface area (Å²) in [6.07, 6.45) is 6.86. The van der Waals surface area contributed by atoms with Gasteiger partial charge >= 0.3 is 0 Å². The van der Waals surface area contributed by atoms with Crippen molar-refractivity contribution in [3.63, 3.8) is 0 Å². The Morgan fingerprint density at radius 1 is 1.03 bits per heavy atom. The lowest BCUT2D eigenvalue weighted by Gasteiger charge is -2.33. The van der Waals surface area contributed by atoms with Crippen LogP contribution in [-0.4, -0.2) is 64.6 Å². The highest BCUT2D eigenvalue weighted by Gasteiger charge is 2.31. The minimum atomic E-state index is -3.64. The first kappa shape index (κ1) is 23.0. The molecule has 1 aromatic carbocycles. The van der Waals surface area contributed by atoms with Gasteiger partial charge in [0.05, 0.1) is 5.69 Å². The van der Waals surface area contributed by atoms with Crippen molar-refractivity contribution < 1.29 is 17.9 Å². The van der Waals surface area contributed by atoms with Crippen LogP contribution in [0, 0.1) is 0 Å². The highest BCUT2D eigenvalue weighted by atomic mass is 32.2. The molecule has 2 saturated heterocycles. The van der Waals surface area contributed by atoms with Crippen LogP contribution in [0.15, 0.2) is 23.1 Å². The van der Waals surface area contributed by atoms with Gasteiger partial charge in [0.25, 0.3) is 5.91 Å². The molecule has 2 aliphatic heterocycles. The predicted molar refractivity (Wildman–Crippen MR) is 119 cm³/mol. The number of carbonyl (C=O) groups excluding carboxylic acids is 1. The summed E-state index contributed by atoms with van der Waals surface area (Å²) < 4.78 is 33.9.